The molecule has 0 spiro atoms. The highest BCUT2D eigenvalue weighted by atomic mass is 19.4. The van der Waals surface area contributed by atoms with Crippen molar-refractivity contribution in [2.24, 2.45) is 5.92 Å². The van der Waals surface area contributed by atoms with Crippen molar-refractivity contribution in [3.05, 3.63) is 98.9 Å². The summed E-state index contributed by atoms with van der Waals surface area (Å²) in [6.07, 6.45) is 0.549. The molecule has 3 aromatic rings. The third-order valence-electron chi connectivity index (χ3n) is 9.09. The van der Waals surface area contributed by atoms with Crippen LogP contribution in [0.3, 0.4) is 0 Å². The maximum atomic E-state index is 15.7. The van der Waals surface area contributed by atoms with E-state index in [2.05, 4.69) is 4.74 Å². The SMILES string of the molecule is CCCc1cc(F)c(CCC2CCc3c(cc(F)c(C4CCC(c5ccc(OC(F)(F)F)c(F)c5)CC4)c3F)C2)c(F)c1. The molecule has 9 heteroatoms. The van der Waals surface area contributed by atoms with Crippen molar-refractivity contribution in [2.75, 3.05) is 0 Å². The number of benzene rings is 3. The molecule has 0 amide bonds. The summed E-state index contributed by atoms with van der Waals surface area (Å²) < 4.78 is 116. The zero-order chi connectivity index (χ0) is 30.9. The van der Waals surface area contributed by atoms with Gasteiger partial charge in [0.05, 0.1) is 0 Å². The smallest absolute Gasteiger partial charge is 0.403 e. The molecular formula is C34H34F8O. The number of alkyl halides is 3. The minimum atomic E-state index is -5.00. The molecule has 1 nitrogen and oxygen atoms in total. The Labute approximate surface area is 246 Å². The zero-order valence-electron chi connectivity index (χ0n) is 23.9. The minimum Gasteiger partial charge on any atom is -0.403 e. The van der Waals surface area contributed by atoms with Gasteiger partial charge < -0.3 is 4.74 Å². The van der Waals surface area contributed by atoms with E-state index in [1.54, 1.807) is 0 Å². The van der Waals surface area contributed by atoms with Crippen LogP contribution in [0.5, 0.6) is 5.75 Å². The number of hydrogen-bond donors (Lipinski definition) is 0. The first kappa shape index (κ1) is 31.3. The molecule has 1 atom stereocenters. The number of halogens is 8. The first-order valence-corrected chi connectivity index (χ1v) is 14.9. The van der Waals surface area contributed by atoms with Gasteiger partial charge in [-0.25, -0.2) is 22.0 Å². The third-order valence-corrected chi connectivity index (χ3v) is 9.09. The summed E-state index contributed by atoms with van der Waals surface area (Å²) in [5.74, 6) is -4.69. The topological polar surface area (TPSA) is 9.23 Å². The second kappa shape index (κ2) is 12.9. The molecule has 2 aliphatic carbocycles. The van der Waals surface area contributed by atoms with Crippen molar-refractivity contribution in [2.45, 2.75) is 95.8 Å². The van der Waals surface area contributed by atoms with Crippen molar-refractivity contribution in [1.29, 1.82) is 0 Å². The molecule has 0 radical (unpaired) electrons. The van der Waals surface area contributed by atoms with Crippen LogP contribution in [-0.4, -0.2) is 6.36 Å². The average Bonchev–Trinajstić information content (AvgIpc) is 2.93. The van der Waals surface area contributed by atoms with Crippen LogP contribution in [0.4, 0.5) is 35.1 Å². The van der Waals surface area contributed by atoms with Crippen LogP contribution in [-0.2, 0) is 25.7 Å². The molecule has 3 aromatic carbocycles. The molecule has 1 fully saturated rings. The summed E-state index contributed by atoms with van der Waals surface area (Å²) >= 11 is 0. The number of fused-ring (bicyclic) bond motifs is 1. The molecule has 2 aliphatic rings. The predicted octanol–water partition coefficient (Wildman–Crippen LogP) is 10.4. The molecule has 5 rings (SSSR count). The van der Waals surface area contributed by atoms with E-state index in [-0.39, 0.29) is 35.3 Å². The lowest BCUT2D eigenvalue weighted by atomic mass is 9.74. The fraction of sp³-hybridized carbons (Fsp3) is 0.471. The van der Waals surface area contributed by atoms with E-state index < -0.39 is 41.2 Å². The van der Waals surface area contributed by atoms with Crippen molar-refractivity contribution in [1.82, 2.24) is 0 Å². The Bertz CT molecular complexity index is 1430. The first-order valence-electron chi connectivity index (χ1n) is 14.9. The predicted molar refractivity (Wildman–Crippen MR) is 148 cm³/mol. The lowest BCUT2D eigenvalue weighted by Crippen LogP contribution is -2.21. The molecule has 0 aliphatic heterocycles. The van der Waals surface area contributed by atoms with E-state index in [0.29, 0.717) is 80.0 Å². The van der Waals surface area contributed by atoms with Gasteiger partial charge >= 0.3 is 6.36 Å². The van der Waals surface area contributed by atoms with Gasteiger partial charge in [0.15, 0.2) is 11.6 Å². The van der Waals surface area contributed by atoms with Gasteiger partial charge in [0, 0.05) is 11.1 Å². The summed E-state index contributed by atoms with van der Waals surface area (Å²) in [5, 5.41) is 0. The van der Waals surface area contributed by atoms with Crippen LogP contribution >= 0.6 is 0 Å². The normalized spacial score (nSPS) is 20.6. The minimum absolute atomic E-state index is 0.0509. The largest absolute Gasteiger partial charge is 0.573 e. The molecule has 0 aromatic heterocycles. The highest BCUT2D eigenvalue weighted by Gasteiger charge is 2.34. The monoisotopic (exact) mass is 610 g/mol. The van der Waals surface area contributed by atoms with Gasteiger partial charge in [0.1, 0.15) is 23.3 Å². The maximum absolute atomic E-state index is 15.7. The number of hydrogen-bond acceptors (Lipinski definition) is 1. The Hall–Kier alpha value is -3.10. The van der Waals surface area contributed by atoms with Crippen LogP contribution in [0.15, 0.2) is 36.4 Å². The van der Waals surface area contributed by atoms with Gasteiger partial charge in [-0.1, -0.05) is 19.4 Å². The summed E-state index contributed by atoms with van der Waals surface area (Å²) in [5.41, 5.74) is 2.37. The Morgan fingerprint density at radius 3 is 2.07 bits per heavy atom. The van der Waals surface area contributed by atoms with E-state index in [4.69, 9.17) is 0 Å². The maximum Gasteiger partial charge on any atom is 0.573 e. The lowest BCUT2D eigenvalue weighted by molar-refractivity contribution is -0.275. The molecule has 1 saturated carbocycles. The van der Waals surface area contributed by atoms with Gasteiger partial charge in [-0.2, -0.15) is 0 Å². The van der Waals surface area contributed by atoms with Crippen molar-refractivity contribution in [3.63, 3.8) is 0 Å². The highest BCUT2D eigenvalue weighted by molar-refractivity contribution is 5.40. The zero-order valence-corrected chi connectivity index (χ0v) is 23.9. The number of ether oxygens (including phenoxy) is 1. The average molecular weight is 611 g/mol. The number of rotatable bonds is 8. The van der Waals surface area contributed by atoms with E-state index in [9.17, 15) is 26.3 Å². The molecular weight excluding hydrogens is 576 g/mol. The van der Waals surface area contributed by atoms with E-state index in [1.165, 1.54) is 24.3 Å². The summed E-state index contributed by atoms with van der Waals surface area (Å²) in [4.78, 5) is 0. The quantitative estimate of drug-likeness (QED) is 0.231. The van der Waals surface area contributed by atoms with Crippen LogP contribution in [0, 0.1) is 35.0 Å². The first-order chi connectivity index (χ1) is 20.4. The molecule has 1 unspecified atom stereocenters. The molecule has 0 heterocycles. The van der Waals surface area contributed by atoms with E-state index in [0.717, 1.165) is 18.6 Å². The summed E-state index contributed by atoms with van der Waals surface area (Å²) in [6.45, 7) is 1.94. The Morgan fingerprint density at radius 2 is 1.44 bits per heavy atom. The van der Waals surface area contributed by atoms with Crippen molar-refractivity contribution < 1.29 is 39.9 Å². The Balaban J connectivity index is 1.22. The van der Waals surface area contributed by atoms with Crippen LogP contribution in [0.25, 0.3) is 0 Å². The van der Waals surface area contributed by atoms with Gasteiger partial charge in [-0.15, -0.1) is 13.2 Å². The van der Waals surface area contributed by atoms with Crippen LogP contribution in [0.2, 0.25) is 0 Å². The van der Waals surface area contributed by atoms with Gasteiger partial charge in [0.25, 0.3) is 0 Å². The van der Waals surface area contributed by atoms with Crippen LogP contribution < -0.4 is 4.74 Å². The van der Waals surface area contributed by atoms with Gasteiger partial charge in [0.2, 0.25) is 0 Å². The lowest BCUT2D eigenvalue weighted by Gasteiger charge is -2.32. The van der Waals surface area contributed by atoms with Gasteiger partial charge in [-0.3, -0.25) is 0 Å². The fourth-order valence-electron chi connectivity index (χ4n) is 6.93. The standard InChI is InChI=1S/C34H34F8O/c1-2-3-20-15-27(35)26(28(36)16-20)12-5-19-4-11-25-24(14-19)18-30(38)32(33(25)39)22-8-6-21(7-9-22)23-10-13-31(29(37)17-23)43-34(40,41)42/h10,13,15-19,21-22H,2-9,11-12,14H2,1H3. The third kappa shape index (κ3) is 7.18. The van der Waals surface area contributed by atoms with Crippen LogP contribution in [0.1, 0.15) is 97.1 Å². The second-order valence-electron chi connectivity index (χ2n) is 11.9. The highest BCUT2D eigenvalue weighted by Crippen LogP contribution is 2.44. The summed E-state index contributed by atoms with van der Waals surface area (Å²) in [6, 6.07) is 7.57. The van der Waals surface area contributed by atoms with Crippen molar-refractivity contribution >= 4 is 0 Å². The fourth-order valence-corrected chi connectivity index (χ4v) is 6.93. The molecule has 0 bridgehead atoms. The van der Waals surface area contributed by atoms with Crippen molar-refractivity contribution in [3.8, 4) is 5.75 Å². The second-order valence-corrected chi connectivity index (χ2v) is 11.9. The Kier molecular flexibility index (Phi) is 9.37. The Morgan fingerprint density at radius 1 is 0.767 bits per heavy atom. The van der Waals surface area contributed by atoms with E-state index in [1.807, 2.05) is 6.92 Å². The van der Waals surface area contributed by atoms with E-state index >= 15 is 8.78 Å². The molecule has 0 N–H and O–H groups in total. The molecule has 232 valence electrons. The molecule has 0 saturated heterocycles. The summed E-state index contributed by atoms with van der Waals surface area (Å²) in [7, 11) is 0. The molecule has 43 heavy (non-hydrogen) atoms. The van der Waals surface area contributed by atoms with Gasteiger partial charge in [-0.05, 0) is 135 Å². The number of aryl methyl sites for hydroxylation is 1.